The molecule has 9 heteroatoms. The van der Waals surface area contributed by atoms with Gasteiger partial charge in [0.25, 0.3) is 0 Å². The molecule has 1 aliphatic rings. The summed E-state index contributed by atoms with van der Waals surface area (Å²) >= 11 is 0. The van der Waals surface area contributed by atoms with Crippen LogP contribution in [0, 0.1) is 11.6 Å². The van der Waals surface area contributed by atoms with Crippen LogP contribution in [0.15, 0.2) is 59.6 Å². The zero-order valence-corrected chi connectivity index (χ0v) is 17.2. The van der Waals surface area contributed by atoms with E-state index in [1.807, 2.05) is 22.9 Å². The molecule has 0 spiro atoms. The second kappa shape index (κ2) is 7.73. The zero-order chi connectivity index (χ0) is 21.5. The number of sulfonamides is 1. The van der Waals surface area contributed by atoms with E-state index in [9.17, 15) is 17.2 Å². The molecule has 1 atom stereocenters. The number of ether oxygens (including phenoxy) is 2. The summed E-state index contributed by atoms with van der Waals surface area (Å²) in [5.74, 6) is -0.979. The summed E-state index contributed by atoms with van der Waals surface area (Å²) in [5, 5.41) is 0. The summed E-state index contributed by atoms with van der Waals surface area (Å²) < 4.78 is 68.7. The van der Waals surface area contributed by atoms with Crippen molar-refractivity contribution in [3.8, 4) is 11.5 Å². The van der Waals surface area contributed by atoms with Crippen LogP contribution in [-0.4, -0.2) is 38.1 Å². The van der Waals surface area contributed by atoms with Gasteiger partial charge in [-0.15, -0.1) is 0 Å². The Labute approximate surface area is 173 Å². The van der Waals surface area contributed by atoms with Crippen LogP contribution in [0.5, 0.6) is 11.5 Å². The lowest BCUT2D eigenvalue weighted by molar-refractivity contribution is 0.288. The first-order chi connectivity index (χ1) is 14.4. The predicted molar refractivity (Wildman–Crippen MR) is 106 cm³/mol. The fourth-order valence-corrected chi connectivity index (χ4v) is 5.42. The first-order valence-electron chi connectivity index (χ1n) is 9.20. The molecule has 2 aromatic carbocycles. The van der Waals surface area contributed by atoms with Gasteiger partial charge in [-0.05, 0) is 42.5 Å². The van der Waals surface area contributed by atoms with Crippen LogP contribution >= 0.6 is 0 Å². The summed E-state index contributed by atoms with van der Waals surface area (Å²) in [4.78, 5) is -0.573. The molecule has 1 aliphatic heterocycles. The first kappa shape index (κ1) is 20.4. The van der Waals surface area contributed by atoms with Crippen molar-refractivity contribution in [3.63, 3.8) is 0 Å². The highest BCUT2D eigenvalue weighted by molar-refractivity contribution is 7.89. The van der Waals surface area contributed by atoms with E-state index in [2.05, 4.69) is 0 Å². The second-order valence-electron chi connectivity index (χ2n) is 6.83. The summed E-state index contributed by atoms with van der Waals surface area (Å²) in [5.41, 5.74) is 1.27. The Hall–Kier alpha value is -2.91. The van der Waals surface area contributed by atoms with E-state index in [0.717, 1.165) is 12.1 Å². The fourth-order valence-electron chi connectivity index (χ4n) is 3.80. The molecular formula is C21H20F2N2O4S. The smallest absolute Gasteiger partial charge is 0.246 e. The molecule has 0 radical (unpaired) electrons. The number of benzene rings is 2. The summed E-state index contributed by atoms with van der Waals surface area (Å²) in [6.07, 6.45) is 1.86. The summed E-state index contributed by atoms with van der Waals surface area (Å²) in [7, 11) is -1.29. The van der Waals surface area contributed by atoms with Crippen LogP contribution < -0.4 is 9.47 Å². The molecule has 30 heavy (non-hydrogen) atoms. The van der Waals surface area contributed by atoms with Crippen molar-refractivity contribution in [2.45, 2.75) is 17.5 Å². The Morgan fingerprint density at radius 2 is 1.80 bits per heavy atom. The number of rotatable bonds is 5. The van der Waals surface area contributed by atoms with Gasteiger partial charge in [0, 0.05) is 36.6 Å². The summed E-state index contributed by atoms with van der Waals surface area (Å²) in [6, 6.07) is 10.4. The van der Waals surface area contributed by atoms with Gasteiger partial charge in [-0.3, -0.25) is 0 Å². The maximum atomic E-state index is 14.4. The number of nitrogens with zero attached hydrogens (tertiary/aromatic N) is 2. The van der Waals surface area contributed by atoms with Crippen molar-refractivity contribution in [2.24, 2.45) is 0 Å². The molecule has 158 valence electrons. The molecule has 0 saturated heterocycles. The lowest BCUT2D eigenvalue weighted by atomic mass is 10.0. The molecule has 2 heterocycles. The highest BCUT2D eigenvalue weighted by atomic mass is 32.2. The molecule has 0 saturated carbocycles. The van der Waals surface area contributed by atoms with Gasteiger partial charge in [0.1, 0.15) is 28.0 Å². The fraction of sp³-hybridized carbons (Fsp3) is 0.238. The van der Waals surface area contributed by atoms with Gasteiger partial charge >= 0.3 is 0 Å². The van der Waals surface area contributed by atoms with Gasteiger partial charge in [-0.1, -0.05) is 0 Å². The Bertz CT molecular complexity index is 1190. The van der Waals surface area contributed by atoms with Crippen molar-refractivity contribution in [3.05, 3.63) is 77.6 Å². The van der Waals surface area contributed by atoms with Crippen LogP contribution in [0.2, 0.25) is 0 Å². The van der Waals surface area contributed by atoms with Gasteiger partial charge in [-0.2, -0.15) is 4.31 Å². The normalized spacial score (nSPS) is 16.9. The van der Waals surface area contributed by atoms with Crippen molar-refractivity contribution in [2.75, 3.05) is 20.8 Å². The number of hydrogen-bond donors (Lipinski definition) is 0. The van der Waals surface area contributed by atoms with Gasteiger partial charge < -0.3 is 14.0 Å². The Kier molecular flexibility index (Phi) is 5.25. The van der Waals surface area contributed by atoms with E-state index in [4.69, 9.17) is 9.47 Å². The molecular weight excluding hydrogens is 414 g/mol. The third kappa shape index (κ3) is 3.33. The molecule has 1 aromatic heterocycles. The van der Waals surface area contributed by atoms with Gasteiger partial charge in [0.2, 0.25) is 10.0 Å². The molecule has 0 N–H and O–H groups in total. The van der Waals surface area contributed by atoms with E-state index in [1.165, 1.54) is 18.5 Å². The molecule has 0 bridgehead atoms. The highest BCUT2D eigenvalue weighted by Gasteiger charge is 2.40. The Morgan fingerprint density at radius 3 is 2.50 bits per heavy atom. The average Bonchev–Trinajstić information content (AvgIpc) is 3.21. The lowest BCUT2D eigenvalue weighted by Gasteiger charge is -2.37. The lowest BCUT2D eigenvalue weighted by Crippen LogP contribution is -2.42. The minimum atomic E-state index is -4.29. The topological polar surface area (TPSA) is 60.8 Å². The molecule has 0 fully saturated rings. The molecule has 3 aromatic rings. The quantitative estimate of drug-likeness (QED) is 0.616. The van der Waals surface area contributed by atoms with Crippen LogP contribution in [0.1, 0.15) is 17.3 Å². The molecule has 4 rings (SSSR count). The van der Waals surface area contributed by atoms with Crippen molar-refractivity contribution in [1.29, 1.82) is 0 Å². The predicted octanol–water partition coefficient (Wildman–Crippen LogP) is 3.58. The number of halogens is 2. The number of hydrogen-bond acceptors (Lipinski definition) is 4. The maximum absolute atomic E-state index is 14.4. The van der Waals surface area contributed by atoms with Gasteiger partial charge in [-0.25, -0.2) is 17.2 Å². The highest BCUT2D eigenvalue weighted by Crippen LogP contribution is 2.41. The monoisotopic (exact) mass is 434 g/mol. The number of aromatic nitrogens is 1. The maximum Gasteiger partial charge on any atom is 0.246 e. The average molecular weight is 434 g/mol. The van der Waals surface area contributed by atoms with E-state index < -0.39 is 32.6 Å². The SMILES string of the molecule is COc1ccc(OC)c(C2c3cccn3CCN2S(=O)(=O)c2ccc(F)cc2F)c1. The Morgan fingerprint density at radius 1 is 1.00 bits per heavy atom. The van der Waals surface area contributed by atoms with Crippen LogP contribution in [0.25, 0.3) is 0 Å². The first-order valence-corrected chi connectivity index (χ1v) is 10.6. The van der Waals surface area contributed by atoms with E-state index in [0.29, 0.717) is 35.4 Å². The molecule has 6 nitrogen and oxygen atoms in total. The largest absolute Gasteiger partial charge is 0.497 e. The molecule has 0 aliphatic carbocycles. The van der Waals surface area contributed by atoms with Crippen molar-refractivity contribution < 1.29 is 26.7 Å². The van der Waals surface area contributed by atoms with E-state index in [-0.39, 0.29) is 6.54 Å². The van der Waals surface area contributed by atoms with Crippen molar-refractivity contribution >= 4 is 10.0 Å². The second-order valence-corrected chi connectivity index (χ2v) is 8.69. The van der Waals surface area contributed by atoms with Crippen LogP contribution in [0.4, 0.5) is 8.78 Å². The minimum absolute atomic E-state index is 0.103. The van der Waals surface area contributed by atoms with E-state index in [1.54, 1.807) is 18.2 Å². The molecule has 1 unspecified atom stereocenters. The van der Waals surface area contributed by atoms with E-state index >= 15 is 0 Å². The van der Waals surface area contributed by atoms with Crippen LogP contribution in [0.3, 0.4) is 0 Å². The van der Waals surface area contributed by atoms with Crippen molar-refractivity contribution in [1.82, 2.24) is 8.87 Å². The number of fused-ring (bicyclic) bond motifs is 1. The third-order valence-corrected chi connectivity index (χ3v) is 7.10. The Balaban J connectivity index is 1.92. The number of methoxy groups -OCH3 is 2. The van der Waals surface area contributed by atoms with Gasteiger partial charge in [0.15, 0.2) is 0 Å². The summed E-state index contributed by atoms with van der Waals surface area (Å²) in [6.45, 7) is 0.499. The molecule has 0 amide bonds. The standard InChI is InChI=1S/C21H20F2N2O4S/c1-28-15-6-7-19(29-2)16(13-15)21-18-4-3-9-24(18)10-11-25(21)30(26,27)20-8-5-14(22)12-17(20)23/h3-9,12-13,21H,10-11H2,1-2H3. The van der Waals surface area contributed by atoms with Gasteiger partial charge in [0.05, 0.1) is 20.3 Å². The minimum Gasteiger partial charge on any atom is -0.497 e. The zero-order valence-electron chi connectivity index (χ0n) is 16.4. The van der Waals surface area contributed by atoms with Crippen LogP contribution in [-0.2, 0) is 16.6 Å². The third-order valence-electron chi connectivity index (χ3n) is 5.21.